The molecule has 0 aliphatic carbocycles. The van der Waals surface area contributed by atoms with Gasteiger partial charge in [-0.2, -0.15) is 5.26 Å². The largest absolute Gasteiger partial charge is 0.459 e. The number of benzene rings is 1. The molecule has 3 aromatic rings. The SMILES string of the molecule is Cc1cccc(N(CCC#N)C(=O)Cc2nc(-c3ccco3)oc2C)c1. The number of anilines is 1. The Kier molecular flexibility index (Phi) is 5.18. The van der Waals surface area contributed by atoms with E-state index in [-0.39, 0.29) is 18.7 Å². The lowest BCUT2D eigenvalue weighted by molar-refractivity contribution is -0.118. The van der Waals surface area contributed by atoms with E-state index in [0.717, 1.165) is 11.3 Å². The molecule has 132 valence electrons. The van der Waals surface area contributed by atoms with Crippen molar-refractivity contribution in [3.8, 4) is 17.7 Å². The minimum atomic E-state index is -0.131. The van der Waals surface area contributed by atoms with E-state index in [9.17, 15) is 4.79 Å². The molecule has 0 N–H and O–H groups in total. The van der Waals surface area contributed by atoms with Crippen LogP contribution in [0.3, 0.4) is 0 Å². The van der Waals surface area contributed by atoms with Crippen LogP contribution >= 0.6 is 0 Å². The summed E-state index contributed by atoms with van der Waals surface area (Å²) in [4.78, 5) is 18.9. The molecule has 0 saturated carbocycles. The van der Waals surface area contributed by atoms with Crippen LogP contribution in [-0.2, 0) is 11.2 Å². The van der Waals surface area contributed by atoms with Gasteiger partial charge >= 0.3 is 0 Å². The number of rotatable bonds is 6. The van der Waals surface area contributed by atoms with Gasteiger partial charge in [-0.3, -0.25) is 4.79 Å². The van der Waals surface area contributed by atoms with Crippen molar-refractivity contribution in [2.24, 2.45) is 0 Å². The predicted octanol–water partition coefficient (Wildman–Crippen LogP) is 4.04. The molecule has 0 saturated heterocycles. The number of furan rings is 1. The van der Waals surface area contributed by atoms with Crippen LogP contribution in [0.15, 0.2) is 51.5 Å². The zero-order valence-corrected chi connectivity index (χ0v) is 14.7. The van der Waals surface area contributed by atoms with Crippen LogP contribution < -0.4 is 4.90 Å². The first kappa shape index (κ1) is 17.5. The van der Waals surface area contributed by atoms with E-state index < -0.39 is 0 Å². The quantitative estimate of drug-likeness (QED) is 0.670. The van der Waals surface area contributed by atoms with Gasteiger partial charge in [-0.15, -0.1) is 0 Å². The Balaban J connectivity index is 1.83. The number of amides is 1. The molecule has 0 bridgehead atoms. The molecule has 2 aromatic heterocycles. The average molecular weight is 349 g/mol. The average Bonchev–Trinajstić information content (AvgIpc) is 3.26. The molecule has 1 amide bonds. The molecule has 0 atom stereocenters. The highest BCUT2D eigenvalue weighted by molar-refractivity contribution is 5.94. The Labute approximate surface area is 151 Å². The molecule has 0 aliphatic rings. The van der Waals surface area contributed by atoms with E-state index in [1.807, 2.05) is 31.2 Å². The van der Waals surface area contributed by atoms with Crippen molar-refractivity contribution in [2.45, 2.75) is 26.7 Å². The first-order valence-electron chi connectivity index (χ1n) is 8.32. The van der Waals surface area contributed by atoms with Crippen molar-refractivity contribution in [3.05, 3.63) is 59.7 Å². The summed E-state index contributed by atoms with van der Waals surface area (Å²) in [5.41, 5.74) is 2.39. The Bertz CT molecular complexity index is 936. The summed E-state index contributed by atoms with van der Waals surface area (Å²) in [6.07, 6.45) is 1.89. The topological polar surface area (TPSA) is 83.3 Å². The fourth-order valence-corrected chi connectivity index (χ4v) is 2.69. The van der Waals surface area contributed by atoms with Gasteiger partial charge in [0.1, 0.15) is 5.76 Å². The van der Waals surface area contributed by atoms with Crippen molar-refractivity contribution in [1.82, 2.24) is 4.98 Å². The molecule has 0 fully saturated rings. The number of carbonyl (C=O) groups is 1. The number of aromatic nitrogens is 1. The van der Waals surface area contributed by atoms with E-state index >= 15 is 0 Å². The molecule has 0 spiro atoms. The van der Waals surface area contributed by atoms with E-state index in [4.69, 9.17) is 14.1 Å². The summed E-state index contributed by atoms with van der Waals surface area (Å²) in [5, 5.41) is 8.92. The van der Waals surface area contributed by atoms with Crippen LogP contribution in [0.1, 0.15) is 23.4 Å². The summed E-state index contributed by atoms with van der Waals surface area (Å²) < 4.78 is 10.9. The van der Waals surface area contributed by atoms with Gasteiger partial charge in [0.25, 0.3) is 5.89 Å². The van der Waals surface area contributed by atoms with E-state index in [2.05, 4.69) is 11.1 Å². The molecule has 6 nitrogen and oxygen atoms in total. The first-order valence-corrected chi connectivity index (χ1v) is 8.32. The smallest absolute Gasteiger partial charge is 0.263 e. The Hall–Kier alpha value is -3.33. The number of oxazole rings is 1. The van der Waals surface area contributed by atoms with Crippen LogP contribution in [0.4, 0.5) is 5.69 Å². The third kappa shape index (κ3) is 3.83. The lowest BCUT2D eigenvalue weighted by atomic mass is 10.1. The number of hydrogen-bond donors (Lipinski definition) is 0. The lowest BCUT2D eigenvalue weighted by Gasteiger charge is -2.22. The second-order valence-electron chi connectivity index (χ2n) is 5.97. The molecule has 1 aromatic carbocycles. The molecule has 2 heterocycles. The highest BCUT2D eigenvalue weighted by Gasteiger charge is 2.21. The third-order valence-electron chi connectivity index (χ3n) is 4.00. The van der Waals surface area contributed by atoms with Crippen molar-refractivity contribution < 1.29 is 13.6 Å². The van der Waals surface area contributed by atoms with Crippen molar-refractivity contribution in [3.63, 3.8) is 0 Å². The Morgan fingerprint density at radius 3 is 2.81 bits per heavy atom. The van der Waals surface area contributed by atoms with Crippen molar-refractivity contribution in [1.29, 1.82) is 5.26 Å². The number of nitrogens with zero attached hydrogens (tertiary/aromatic N) is 3. The van der Waals surface area contributed by atoms with Gasteiger partial charge in [0.05, 0.1) is 30.9 Å². The highest BCUT2D eigenvalue weighted by Crippen LogP contribution is 2.23. The summed E-state index contributed by atoms with van der Waals surface area (Å²) in [5.74, 6) is 1.32. The van der Waals surface area contributed by atoms with Crippen LogP contribution in [0.5, 0.6) is 0 Å². The second kappa shape index (κ2) is 7.70. The zero-order valence-electron chi connectivity index (χ0n) is 14.7. The van der Waals surface area contributed by atoms with Crippen molar-refractivity contribution in [2.75, 3.05) is 11.4 Å². The molecule has 0 radical (unpaired) electrons. The normalized spacial score (nSPS) is 10.5. The molecule has 26 heavy (non-hydrogen) atoms. The third-order valence-corrected chi connectivity index (χ3v) is 4.00. The number of hydrogen-bond acceptors (Lipinski definition) is 5. The van der Waals surface area contributed by atoms with Crippen LogP contribution in [0.2, 0.25) is 0 Å². The molecular formula is C20H19N3O3. The summed E-state index contributed by atoms with van der Waals surface area (Å²) in [7, 11) is 0. The van der Waals surface area contributed by atoms with Gasteiger partial charge in [-0.25, -0.2) is 4.98 Å². The van der Waals surface area contributed by atoms with Crippen LogP contribution in [0, 0.1) is 25.2 Å². The Morgan fingerprint density at radius 2 is 2.12 bits per heavy atom. The van der Waals surface area contributed by atoms with E-state index in [1.54, 1.807) is 30.2 Å². The fourth-order valence-electron chi connectivity index (χ4n) is 2.69. The van der Waals surface area contributed by atoms with Gasteiger partial charge in [-0.1, -0.05) is 12.1 Å². The van der Waals surface area contributed by atoms with Gasteiger partial charge in [0.2, 0.25) is 5.91 Å². The fraction of sp³-hybridized carbons (Fsp3) is 0.250. The molecule has 0 aliphatic heterocycles. The minimum absolute atomic E-state index is 0.0927. The zero-order chi connectivity index (χ0) is 18.5. The van der Waals surface area contributed by atoms with Gasteiger partial charge in [-0.05, 0) is 43.7 Å². The number of aryl methyl sites for hydroxylation is 2. The molecule has 6 heteroatoms. The summed E-state index contributed by atoms with van der Waals surface area (Å²) in [6.45, 7) is 4.07. The molecular weight excluding hydrogens is 330 g/mol. The highest BCUT2D eigenvalue weighted by atomic mass is 16.4. The standard InChI is InChI=1S/C20H19N3O3/c1-14-6-3-7-16(12-14)23(10-5-9-21)19(24)13-17-15(2)26-20(22-17)18-8-4-11-25-18/h3-4,6-8,11-12H,5,10,13H2,1-2H3. The second-order valence-corrected chi connectivity index (χ2v) is 5.97. The summed E-state index contributed by atoms with van der Waals surface area (Å²) >= 11 is 0. The maximum atomic E-state index is 12.9. The number of carbonyl (C=O) groups excluding carboxylic acids is 1. The van der Waals surface area contributed by atoms with Crippen LogP contribution in [0.25, 0.3) is 11.7 Å². The van der Waals surface area contributed by atoms with E-state index in [0.29, 0.717) is 29.6 Å². The van der Waals surface area contributed by atoms with Crippen LogP contribution in [-0.4, -0.2) is 17.4 Å². The van der Waals surface area contributed by atoms with E-state index in [1.165, 1.54) is 0 Å². The summed E-state index contributed by atoms with van der Waals surface area (Å²) in [6, 6.07) is 13.3. The minimum Gasteiger partial charge on any atom is -0.459 e. The molecule has 0 unspecified atom stereocenters. The predicted molar refractivity (Wildman–Crippen MR) is 96.4 cm³/mol. The van der Waals surface area contributed by atoms with Crippen molar-refractivity contribution >= 4 is 11.6 Å². The maximum Gasteiger partial charge on any atom is 0.263 e. The lowest BCUT2D eigenvalue weighted by Crippen LogP contribution is -2.33. The Morgan fingerprint density at radius 1 is 1.27 bits per heavy atom. The van der Waals surface area contributed by atoms with Gasteiger partial charge < -0.3 is 13.7 Å². The maximum absolute atomic E-state index is 12.9. The molecule has 3 rings (SSSR count). The van der Waals surface area contributed by atoms with Gasteiger partial charge in [0, 0.05) is 12.2 Å². The first-order chi connectivity index (χ1) is 12.6. The number of nitriles is 1. The van der Waals surface area contributed by atoms with Gasteiger partial charge in [0.15, 0.2) is 5.76 Å². The monoisotopic (exact) mass is 349 g/mol.